The van der Waals surface area contributed by atoms with E-state index in [0.717, 1.165) is 34.3 Å². The summed E-state index contributed by atoms with van der Waals surface area (Å²) in [7, 11) is 0. The van der Waals surface area contributed by atoms with Crippen LogP contribution in [-0.2, 0) is 9.53 Å². The molecule has 0 spiro atoms. The molecular formula is C24H24N6O3. The third kappa shape index (κ3) is 4.63. The number of carbonyl (C=O) groups is 1. The van der Waals surface area contributed by atoms with Gasteiger partial charge in [0.2, 0.25) is 5.91 Å². The van der Waals surface area contributed by atoms with Gasteiger partial charge in [0, 0.05) is 29.4 Å². The molecule has 1 fully saturated rings. The van der Waals surface area contributed by atoms with Gasteiger partial charge in [-0.3, -0.25) is 9.89 Å². The number of ether oxygens (including phenoxy) is 2. The Morgan fingerprint density at radius 3 is 2.94 bits per heavy atom. The van der Waals surface area contributed by atoms with Crippen LogP contribution in [0.4, 0.5) is 17.2 Å². The number of anilines is 3. The van der Waals surface area contributed by atoms with Crippen LogP contribution in [0.5, 0.6) is 5.75 Å². The smallest absolute Gasteiger partial charge is 0.229 e. The quantitative estimate of drug-likeness (QED) is 0.393. The molecule has 0 aliphatic carbocycles. The van der Waals surface area contributed by atoms with E-state index in [1.54, 1.807) is 12.4 Å². The molecule has 9 heteroatoms. The second kappa shape index (κ2) is 9.25. The van der Waals surface area contributed by atoms with E-state index in [1.165, 1.54) is 0 Å². The Kier molecular flexibility index (Phi) is 5.86. The number of H-pyrrole nitrogens is 1. The number of amides is 1. The van der Waals surface area contributed by atoms with Crippen LogP contribution in [0.25, 0.3) is 22.3 Å². The maximum atomic E-state index is 12.5. The fourth-order valence-electron chi connectivity index (χ4n) is 3.77. The molecule has 1 unspecified atom stereocenters. The lowest BCUT2D eigenvalue weighted by molar-refractivity contribution is -0.119. The van der Waals surface area contributed by atoms with Crippen LogP contribution in [0.15, 0.2) is 54.9 Å². The van der Waals surface area contributed by atoms with E-state index in [4.69, 9.17) is 19.4 Å². The first-order chi connectivity index (χ1) is 16.2. The molecule has 2 aromatic heterocycles. The van der Waals surface area contributed by atoms with Crippen molar-refractivity contribution >= 4 is 34.0 Å². The molecule has 3 heterocycles. The van der Waals surface area contributed by atoms with Crippen molar-refractivity contribution in [2.75, 3.05) is 30.5 Å². The number of nitrogens with one attached hydrogen (secondary N) is 3. The van der Waals surface area contributed by atoms with Crippen molar-refractivity contribution in [2.24, 2.45) is 5.92 Å². The largest absolute Gasteiger partial charge is 0.494 e. The predicted molar refractivity (Wildman–Crippen MR) is 126 cm³/mol. The zero-order valence-electron chi connectivity index (χ0n) is 18.2. The third-order valence-corrected chi connectivity index (χ3v) is 5.43. The average Bonchev–Trinajstić information content (AvgIpc) is 3.54. The fraction of sp³-hybridized carbons (Fsp3) is 0.250. The topological polar surface area (TPSA) is 114 Å². The molecule has 0 radical (unpaired) electrons. The van der Waals surface area contributed by atoms with Gasteiger partial charge in [0.1, 0.15) is 11.6 Å². The molecule has 3 N–H and O–H groups in total. The van der Waals surface area contributed by atoms with Crippen molar-refractivity contribution in [3.8, 4) is 17.1 Å². The molecule has 2 aromatic carbocycles. The number of hydrogen-bond acceptors (Lipinski definition) is 7. The predicted octanol–water partition coefficient (Wildman–Crippen LogP) is 4.14. The summed E-state index contributed by atoms with van der Waals surface area (Å²) in [6.45, 7) is 3.60. The minimum Gasteiger partial charge on any atom is -0.494 e. The average molecular weight is 444 g/mol. The zero-order valence-corrected chi connectivity index (χ0v) is 18.2. The van der Waals surface area contributed by atoms with Gasteiger partial charge in [0.05, 0.1) is 36.5 Å². The molecule has 1 amide bonds. The van der Waals surface area contributed by atoms with Gasteiger partial charge in [-0.25, -0.2) is 9.97 Å². The maximum Gasteiger partial charge on any atom is 0.229 e. The Balaban J connectivity index is 1.51. The standard InChI is InChI=1S/C24H24N6O3/c1-2-33-19-6-7-21-20(11-19)23(27-18-12-25-26-13-18)30-22(29-21)15-4-3-5-17(10-15)28-24(31)16-8-9-32-14-16/h3-7,10-13,16H,2,8-9,14H2,1H3,(H,25,26)(H,28,31)(H,27,29,30). The van der Waals surface area contributed by atoms with Gasteiger partial charge >= 0.3 is 0 Å². The van der Waals surface area contributed by atoms with Gasteiger partial charge in [-0.1, -0.05) is 12.1 Å². The molecule has 168 valence electrons. The van der Waals surface area contributed by atoms with Crippen molar-refractivity contribution in [3.63, 3.8) is 0 Å². The Morgan fingerprint density at radius 2 is 2.15 bits per heavy atom. The summed E-state index contributed by atoms with van der Waals surface area (Å²) in [6.07, 6.45) is 4.18. The molecule has 33 heavy (non-hydrogen) atoms. The van der Waals surface area contributed by atoms with Gasteiger partial charge < -0.3 is 20.1 Å². The van der Waals surface area contributed by atoms with E-state index in [-0.39, 0.29) is 11.8 Å². The van der Waals surface area contributed by atoms with E-state index in [1.807, 2.05) is 49.4 Å². The summed E-state index contributed by atoms with van der Waals surface area (Å²) >= 11 is 0. The number of aromatic nitrogens is 4. The van der Waals surface area contributed by atoms with E-state index in [9.17, 15) is 4.79 Å². The molecule has 1 saturated heterocycles. The molecule has 5 rings (SSSR count). The molecule has 0 saturated carbocycles. The minimum absolute atomic E-state index is 0.0325. The number of aromatic amines is 1. The van der Waals surface area contributed by atoms with Crippen LogP contribution >= 0.6 is 0 Å². The molecule has 9 nitrogen and oxygen atoms in total. The van der Waals surface area contributed by atoms with Gasteiger partial charge in [0.25, 0.3) is 0 Å². The van der Waals surface area contributed by atoms with Gasteiger partial charge in [-0.05, 0) is 43.7 Å². The Morgan fingerprint density at radius 1 is 1.21 bits per heavy atom. The summed E-state index contributed by atoms with van der Waals surface area (Å²) in [4.78, 5) is 22.1. The van der Waals surface area contributed by atoms with E-state index < -0.39 is 0 Å². The minimum atomic E-state index is -0.115. The lowest BCUT2D eigenvalue weighted by Crippen LogP contribution is -2.22. The van der Waals surface area contributed by atoms with Crippen LogP contribution in [0, 0.1) is 5.92 Å². The first-order valence-electron chi connectivity index (χ1n) is 10.9. The second-order valence-corrected chi connectivity index (χ2v) is 7.75. The monoisotopic (exact) mass is 444 g/mol. The molecule has 4 aromatic rings. The first-order valence-corrected chi connectivity index (χ1v) is 10.9. The summed E-state index contributed by atoms with van der Waals surface area (Å²) in [5.74, 6) is 1.77. The van der Waals surface area contributed by atoms with Crippen LogP contribution < -0.4 is 15.4 Å². The zero-order chi connectivity index (χ0) is 22.6. The first kappa shape index (κ1) is 20.9. The van der Waals surface area contributed by atoms with Crippen LogP contribution in [0.2, 0.25) is 0 Å². The Hall–Kier alpha value is -3.98. The van der Waals surface area contributed by atoms with Crippen molar-refractivity contribution in [1.82, 2.24) is 20.2 Å². The highest BCUT2D eigenvalue weighted by molar-refractivity contribution is 5.95. The molecule has 0 bridgehead atoms. The highest BCUT2D eigenvalue weighted by Gasteiger charge is 2.23. The highest BCUT2D eigenvalue weighted by atomic mass is 16.5. The number of hydrogen-bond donors (Lipinski definition) is 3. The third-order valence-electron chi connectivity index (χ3n) is 5.43. The molecular weight excluding hydrogens is 420 g/mol. The summed E-state index contributed by atoms with van der Waals surface area (Å²) in [6, 6.07) is 13.3. The van der Waals surface area contributed by atoms with Crippen molar-refractivity contribution < 1.29 is 14.3 Å². The number of nitrogens with zero attached hydrogens (tertiary/aromatic N) is 3. The summed E-state index contributed by atoms with van der Waals surface area (Å²) < 4.78 is 11.0. The maximum absolute atomic E-state index is 12.5. The van der Waals surface area contributed by atoms with E-state index >= 15 is 0 Å². The van der Waals surface area contributed by atoms with Gasteiger partial charge in [-0.15, -0.1) is 0 Å². The van der Waals surface area contributed by atoms with Gasteiger partial charge in [0.15, 0.2) is 5.82 Å². The molecule has 1 atom stereocenters. The van der Waals surface area contributed by atoms with E-state index in [2.05, 4.69) is 20.8 Å². The second-order valence-electron chi connectivity index (χ2n) is 7.75. The normalized spacial score (nSPS) is 15.5. The number of fused-ring (bicyclic) bond motifs is 1. The van der Waals surface area contributed by atoms with Crippen LogP contribution in [0.3, 0.4) is 0 Å². The lowest BCUT2D eigenvalue weighted by atomic mass is 10.1. The fourth-order valence-corrected chi connectivity index (χ4v) is 3.77. The number of carbonyl (C=O) groups excluding carboxylic acids is 1. The van der Waals surface area contributed by atoms with E-state index in [0.29, 0.717) is 37.2 Å². The SMILES string of the molecule is CCOc1ccc2nc(-c3cccc(NC(=O)C4CCOC4)c3)nc(Nc3cn[nH]c3)c2c1. The summed E-state index contributed by atoms with van der Waals surface area (Å²) in [5, 5.41) is 13.9. The van der Waals surface area contributed by atoms with Crippen molar-refractivity contribution in [2.45, 2.75) is 13.3 Å². The highest BCUT2D eigenvalue weighted by Crippen LogP contribution is 2.31. The number of benzene rings is 2. The lowest BCUT2D eigenvalue weighted by Gasteiger charge is -2.13. The molecule has 1 aliphatic heterocycles. The van der Waals surface area contributed by atoms with Gasteiger partial charge in [-0.2, -0.15) is 5.10 Å². The Labute approximate surface area is 190 Å². The van der Waals surface area contributed by atoms with Crippen LogP contribution in [-0.4, -0.2) is 45.9 Å². The molecule has 1 aliphatic rings. The Bertz CT molecular complexity index is 1270. The number of rotatable bonds is 7. The summed E-state index contributed by atoms with van der Waals surface area (Å²) in [5.41, 5.74) is 3.04. The van der Waals surface area contributed by atoms with Crippen molar-refractivity contribution in [3.05, 3.63) is 54.9 Å². The van der Waals surface area contributed by atoms with Crippen LogP contribution in [0.1, 0.15) is 13.3 Å². The van der Waals surface area contributed by atoms with Crippen molar-refractivity contribution in [1.29, 1.82) is 0 Å².